The number of fused-ring (bicyclic) bond motifs is 1. The minimum Gasteiger partial charge on any atom is -0.354 e. The first-order chi connectivity index (χ1) is 8.10. The fraction of sp³-hybridized carbons (Fsp3) is 0.200. The number of ketones is 2. The van der Waals surface area contributed by atoms with Crippen molar-refractivity contribution < 1.29 is 14.4 Å². The van der Waals surface area contributed by atoms with E-state index in [2.05, 4.69) is 15.5 Å². The van der Waals surface area contributed by atoms with Crippen molar-refractivity contribution in [3.63, 3.8) is 0 Å². The summed E-state index contributed by atoms with van der Waals surface area (Å²) >= 11 is 1.17. The molecule has 0 saturated heterocycles. The number of aromatic amines is 1. The van der Waals surface area contributed by atoms with Crippen LogP contribution in [0.2, 0.25) is 0 Å². The number of aromatic nitrogens is 2. The van der Waals surface area contributed by atoms with Gasteiger partial charge >= 0.3 is 0 Å². The van der Waals surface area contributed by atoms with Gasteiger partial charge in [-0.1, -0.05) is 0 Å². The second kappa shape index (κ2) is 4.17. The Balaban J connectivity index is 2.60. The van der Waals surface area contributed by atoms with E-state index in [4.69, 9.17) is 0 Å². The molecule has 1 amide bonds. The third-order valence-corrected chi connectivity index (χ3v) is 3.13. The lowest BCUT2D eigenvalue weighted by atomic mass is 9.99. The fourth-order valence-electron chi connectivity index (χ4n) is 1.56. The van der Waals surface area contributed by atoms with Gasteiger partial charge in [0.2, 0.25) is 11.6 Å². The molecule has 6 nitrogen and oxygen atoms in total. The van der Waals surface area contributed by atoms with E-state index in [0.717, 1.165) is 0 Å². The molecule has 0 bridgehead atoms. The SMILES string of the molecule is CNC(=O)c1n[nH]c2c1C(=O)C(SC)=CC2=O. The molecule has 1 aromatic rings. The number of allylic oxidation sites excluding steroid dienone is 2. The van der Waals surface area contributed by atoms with Crippen LogP contribution in [0.3, 0.4) is 0 Å². The zero-order chi connectivity index (χ0) is 12.6. The number of thioether (sulfide) groups is 1. The summed E-state index contributed by atoms with van der Waals surface area (Å²) in [5, 5.41) is 8.52. The van der Waals surface area contributed by atoms with Crippen LogP contribution in [0.5, 0.6) is 0 Å². The Morgan fingerprint density at radius 1 is 1.47 bits per heavy atom. The van der Waals surface area contributed by atoms with E-state index in [-0.39, 0.29) is 28.5 Å². The largest absolute Gasteiger partial charge is 0.354 e. The topological polar surface area (TPSA) is 91.9 Å². The number of carbonyl (C=O) groups is 3. The number of nitrogens with zero attached hydrogens (tertiary/aromatic N) is 1. The smallest absolute Gasteiger partial charge is 0.272 e. The number of hydrogen-bond donors (Lipinski definition) is 2. The van der Waals surface area contributed by atoms with Gasteiger partial charge in [0.1, 0.15) is 5.69 Å². The molecule has 0 aromatic carbocycles. The zero-order valence-electron chi connectivity index (χ0n) is 9.16. The average molecular weight is 251 g/mol. The average Bonchev–Trinajstić information content (AvgIpc) is 2.78. The van der Waals surface area contributed by atoms with Crippen LogP contribution in [0.4, 0.5) is 0 Å². The molecule has 0 spiro atoms. The quantitative estimate of drug-likeness (QED) is 0.793. The molecule has 0 atom stereocenters. The van der Waals surface area contributed by atoms with Crippen LogP contribution in [-0.4, -0.2) is 41.0 Å². The van der Waals surface area contributed by atoms with Crippen molar-refractivity contribution in [2.45, 2.75) is 0 Å². The monoisotopic (exact) mass is 251 g/mol. The third-order valence-electron chi connectivity index (χ3n) is 2.39. The molecule has 0 fully saturated rings. The van der Waals surface area contributed by atoms with Crippen molar-refractivity contribution in [2.24, 2.45) is 0 Å². The lowest BCUT2D eigenvalue weighted by molar-refractivity contribution is 0.0945. The second-order valence-electron chi connectivity index (χ2n) is 3.31. The maximum atomic E-state index is 12.0. The van der Waals surface area contributed by atoms with Crippen LogP contribution in [0.15, 0.2) is 11.0 Å². The van der Waals surface area contributed by atoms with Crippen molar-refractivity contribution in [1.29, 1.82) is 0 Å². The molecule has 0 unspecified atom stereocenters. The van der Waals surface area contributed by atoms with Gasteiger partial charge in [-0.3, -0.25) is 19.5 Å². The van der Waals surface area contributed by atoms with E-state index >= 15 is 0 Å². The van der Waals surface area contributed by atoms with E-state index in [0.29, 0.717) is 4.91 Å². The maximum absolute atomic E-state index is 12.0. The summed E-state index contributed by atoms with van der Waals surface area (Å²) in [6, 6.07) is 0. The highest BCUT2D eigenvalue weighted by atomic mass is 32.2. The predicted octanol–water partition coefficient (Wildman–Crippen LogP) is 0.395. The summed E-state index contributed by atoms with van der Waals surface area (Å²) in [7, 11) is 1.43. The fourth-order valence-corrected chi connectivity index (χ4v) is 2.07. The first-order valence-electron chi connectivity index (χ1n) is 4.75. The zero-order valence-corrected chi connectivity index (χ0v) is 9.97. The molecule has 1 heterocycles. The minimum atomic E-state index is -0.494. The Morgan fingerprint density at radius 3 is 2.76 bits per heavy atom. The highest BCUT2D eigenvalue weighted by Gasteiger charge is 2.32. The van der Waals surface area contributed by atoms with Gasteiger partial charge in [0.05, 0.1) is 10.5 Å². The summed E-state index contributed by atoms with van der Waals surface area (Å²) < 4.78 is 0. The molecule has 17 heavy (non-hydrogen) atoms. The summed E-state index contributed by atoms with van der Waals surface area (Å²) in [4.78, 5) is 35.5. The van der Waals surface area contributed by atoms with Crippen LogP contribution in [0.1, 0.15) is 31.3 Å². The lowest BCUT2D eigenvalue weighted by Gasteiger charge is -2.09. The van der Waals surface area contributed by atoms with Crippen molar-refractivity contribution in [3.8, 4) is 0 Å². The van der Waals surface area contributed by atoms with Crippen LogP contribution in [-0.2, 0) is 0 Å². The van der Waals surface area contributed by atoms with Gasteiger partial charge < -0.3 is 5.32 Å². The van der Waals surface area contributed by atoms with Gasteiger partial charge in [0, 0.05) is 13.1 Å². The number of carbonyl (C=O) groups excluding carboxylic acids is 3. The molecule has 88 valence electrons. The predicted molar refractivity (Wildman–Crippen MR) is 62.2 cm³/mol. The van der Waals surface area contributed by atoms with Gasteiger partial charge in [-0.25, -0.2) is 0 Å². The standard InChI is InChI=1S/C10H9N3O3S/c1-11-10(16)8-6-7(12-13-8)4(14)3-5(17-2)9(6)15/h3H,1-2H3,(H,11,16)(H,12,13). The molecule has 7 heteroatoms. The third kappa shape index (κ3) is 1.68. The molecule has 1 aliphatic carbocycles. The minimum absolute atomic E-state index is 0.0412. The molecule has 0 radical (unpaired) electrons. The molecule has 2 N–H and O–H groups in total. The molecule has 0 aliphatic heterocycles. The van der Waals surface area contributed by atoms with Crippen molar-refractivity contribution in [1.82, 2.24) is 15.5 Å². The molecule has 2 rings (SSSR count). The Kier molecular flexibility index (Phi) is 2.84. The Labute approximate surface area is 101 Å². The van der Waals surface area contributed by atoms with Crippen LogP contribution < -0.4 is 5.32 Å². The van der Waals surface area contributed by atoms with Crippen molar-refractivity contribution >= 4 is 29.2 Å². The number of hydrogen-bond acceptors (Lipinski definition) is 5. The second-order valence-corrected chi connectivity index (χ2v) is 4.16. The Morgan fingerprint density at radius 2 is 2.18 bits per heavy atom. The van der Waals surface area contributed by atoms with E-state index in [1.807, 2.05) is 0 Å². The molecule has 1 aliphatic rings. The molecular formula is C10H9N3O3S. The van der Waals surface area contributed by atoms with Crippen LogP contribution in [0.25, 0.3) is 0 Å². The van der Waals surface area contributed by atoms with E-state index < -0.39 is 5.91 Å². The van der Waals surface area contributed by atoms with E-state index in [1.54, 1.807) is 6.26 Å². The number of nitrogens with one attached hydrogen (secondary N) is 2. The molecular weight excluding hydrogens is 242 g/mol. The number of H-pyrrole nitrogens is 1. The molecule has 1 aromatic heterocycles. The summed E-state index contributed by atoms with van der Waals surface area (Å²) in [5.74, 6) is -1.18. The summed E-state index contributed by atoms with van der Waals surface area (Å²) in [6.07, 6.45) is 2.95. The highest BCUT2D eigenvalue weighted by molar-refractivity contribution is 8.03. The van der Waals surface area contributed by atoms with Crippen molar-refractivity contribution in [2.75, 3.05) is 13.3 Å². The lowest BCUT2D eigenvalue weighted by Crippen LogP contribution is -2.23. The normalized spacial score (nSPS) is 14.4. The Bertz CT molecular complexity index is 559. The van der Waals surface area contributed by atoms with Gasteiger partial charge in [-0.15, -0.1) is 11.8 Å². The number of Topliss-reactive ketones (excluding diaryl/α,β-unsaturated/α-hetero) is 1. The van der Waals surface area contributed by atoms with Crippen LogP contribution >= 0.6 is 11.8 Å². The highest BCUT2D eigenvalue weighted by Crippen LogP contribution is 2.27. The van der Waals surface area contributed by atoms with Crippen LogP contribution in [0, 0.1) is 0 Å². The summed E-state index contributed by atoms with van der Waals surface area (Å²) in [5.41, 5.74) is 0.0908. The number of amides is 1. The van der Waals surface area contributed by atoms with Gasteiger partial charge in [-0.05, 0) is 6.26 Å². The number of rotatable bonds is 2. The maximum Gasteiger partial charge on any atom is 0.272 e. The van der Waals surface area contributed by atoms with Crippen molar-refractivity contribution in [3.05, 3.63) is 27.9 Å². The van der Waals surface area contributed by atoms with Gasteiger partial charge in [-0.2, -0.15) is 5.10 Å². The molecule has 0 saturated carbocycles. The van der Waals surface area contributed by atoms with E-state index in [1.165, 1.54) is 24.9 Å². The van der Waals surface area contributed by atoms with Gasteiger partial charge in [0.25, 0.3) is 5.91 Å². The first-order valence-corrected chi connectivity index (χ1v) is 5.97. The summed E-state index contributed by atoms with van der Waals surface area (Å²) in [6.45, 7) is 0. The first kappa shape index (κ1) is 11.6. The van der Waals surface area contributed by atoms with E-state index in [9.17, 15) is 14.4 Å². The van der Waals surface area contributed by atoms with Gasteiger partial charge in [0.15, 0.2) is 5.69 Å². The Hall–Kier alpha value is -1.89.